The van der Waals surface area contributed by atoms with Crippen molar-refractivity contribution in [3.63, 3.8) is 0 Å². The highest BCUT2D eigenvalue weighted by Gasteiger charge is 1.95. The van der Waals surface area contributed by atoms with Gasteiger partial charge in [-0.2, -0.15) is 0 Å². The predicted octanol–water partition coefficient (Wildman–Crippen LogP) is 3.47. The zero-order chi connectivity index (χ0) is 15.5. The molecule has 0 heterocycles. The molecule has 3 heteroatoms. The third-order valence-electron chi connectivity index (χ3n) is 2.84. The van der Waals surface area contributed by atoms with Gasteiger partial charge in [0, 0.05) is 5.97 Å². The highest BCUT2D eigenvalue weighted by atomic mass is 16.4. The van der Waals surface area contributed by atoms with Gasteiger partial charge in [0.2, 0.25) is 0 Å². The summed E-state index contributed by atoms with van der Waals surface area (Å²) < 4.78 is 0. The van der Waals surface area contributed by atoms with E-state index >= 15 is 0 Å². The molecule has 1 rings (SSSR count). The van der Waals surface area contributed by atoms with E-state index in [-0.39, 0.29) is 0 Å². The van der Waals surface area contributed by atoms with E-state index in [1.54, 1.807) is 0 Å². The normalized spacial score (nSPS) is 13.0. The lowest BCUT2D eigenvalue weighted by Gasteiger charge is -2.13. The second-order valence-corrected chi connectivity index (χ2v) is 4.23. The van der Waals surface area contributed by atoms with E-state index in [0.29, 0.717) is 0 Å². The molecule has 3 nitrogen and oxygen atoms in total. The lowest BCUT2D eigenvalue weighted by molar-refractivity contribution is -0.302. The first-order chi connectivity index (χ1) is 9.08. The van der Waals surface area contributed by atoms with Gasteiger partial charge >= 0.3 is 0 Å². The summed E-state index contributed by atoms with van der Waals surface area (Å²) in [5, 5.41) is 8.89. The molecule has 0 saturated heterocycles. The summed E-state index contributed by atoms with van der Waals surface area (Å²) in [4.78, 5) is 11.3. The number of nitrogens with zero attached hydrogens (tertiary/aromatic N) is 1. The highest BCUT2D eigenvalue weighted by Crippen LogP contribution is 2.15. The van der Waals surface area contributed by atoms with Gasteiger partial charge in [0.05, 0.1) is 0 Å². The van der Waals surface area contributed by atoms with Crippen molar-refractivity contribution in [1.82, 2.24) is 4.90 Å². The topological polar surface area (TPSA) is 43.4 Å². The molecule has 0 radical (unpaired) electrons. The summed E-state index contributed by atoms with van der Waals surface area (Å²) in [5.41, 5.74) is 0. The summed E-state index contributed by atoms with van der Waals surface area (Å²) in [6, 6.07) is 0. The van der Waals surface area contributed by atoms with Crippen LogP contribution in [0.1, 0.15) is 80.1 Å². The average Bonchev–Trinajstić information content (AvgIpc) is 2.45. The number of hydrogen-bond donors (Lipinski definition) is 0. The molecular formula is C16H36NO2-. The first kappa shape index (κ1) is 23.5. The number of aliphatic carboxylic acids is 1. The Morgan fingerprint density at radius 1 is 0.842 bits per heavy atom. The smallest absolute Gasteiger partial charge is 0.0383 e. The van der Waals surface area contributed by atoms with Crippen molar-refractivity contribution in [2.45, 2.75) is 80.1 Å². The minimum atomic E-state index is -1.08. The Labute approximate surface area is 121 Å². The number of carboxylic acid groups (broad SMARTS) is 1. The van der Waals surface area contributed by atoms with Crippen molar-refractivity contribution in [1.29, 1.82) is 0 Å². The van der Waals surface area contributed by atoms with Crippen LogP contribution in [0.25, 0.3) is 0 Å². The zero-order valence-corrected chi connectivity index (χ0v) is 14.1. The van der Waals surface area contributed by atoms with Crippen molar-refractivity contribution < 1.29 is 9.90 Å². The number of carboxylic acids is 1. The monoisotopic (exact) mass is 274 g/mol. The van der Waals surface area contributed by atoms with Gasteiger partial charge in [-0.3, -0.25) is 0 Å². The van der Waals surface area contributed by atoms with Crippen molar-refractivity contribution in [3.05, 3.63) is 0 Å². The molecule has 0 bridgehead atoms. The molecule has 19 heavy (non-hydrogen) atoms. The molecule has 1 fully saturated rings. The Balaban J connectivity index is -0.000000195. The van der Waals surface area contributed by atoms with Crippen LogP contribution >= 0.6 is 0 Å². The van der Waals surface area contributed by atoms with Gasteiger partial charge in [0.1, 0.15) is 0 Å². The Hall–Kier alpha value is -0.570. The molecular weight excluding hydrogens is 238 g/mol. The molecule has 0 atom stereocenters. The van der Waals surface area contributed by atoms with E-state index in [1.807, 2.05) is 13.8 Å². The maximum atomic E-state index is 8.89. The van der Waals surface area contributed by atoms with Gasteiger partial charge in [0.25, 0.3) is 0 Å². The molecule has 0 N–H and O–H groups in total. The Kier molecular flexibility index (Phi) is 28.0. The zero-order valence-electron chi connectivity index (χ0n) is 14.1. The molecule has 0 aromatic carbocycles. The molecule has 118 valence electrons. The fourth-order valence-corrected chi connectivity index (χ4v) is 1.73. The van der Waals surface area contributed by atoms with Gasteiger partial charge in [-0.15, -0.1) is 0 Å². The second kappa shape index (κ2) is 22.6. The van der Waals surface area contributed by atoms with Crippen LogP contribution in [0.2, 0.25) is 0 Å². The van der Waals surface area contributed by atoms with Gasteiger partial charge < -0.3 is 14.8 Å². The lowest BCUT2D eigenvalue weighted by Crippen LogP contribution is -2.21. The number of carbonyl (C=O) groups is 1. The molecule has 0 spiro atoms. The fraction of sp³-hybridized carbons (Fsp3) is 0.938. The highest BCUT2D eigenvalue weighted by molar-refractivity contribution is 5.60. The molecule has 0 unspecified atom stereocenters. The minimum absolute atomic E-state index is 0.972. The molecule has 1 aliphatic rings. The molecule has 0 aromatic rings. The van der Waals surface area contributed by atoms with Crippen LogP contribution in [0.3, 0.4) is 0 Å². The van der Waals surface area contributed by atoms with Crippen molar-refractivity contribution in [2.75, 3.05) is 19.6 Å². The van der Waals surface area contributed by atoms with E-state index < -0.39 is 5.97 Å². The maximum absolute atomic E-state index is 8.89. The number of rotatable bonds is 3. The van der Waals surface area contributed by atoms with Crippen LogP contribution in [0.5, 0.6) is 0 Å². The molecule has 0 aliphatic heterocycles. The van der Waals surface area contributed by atoms with Crippen molar-refractivity contribution >= 4 is 5.97 Å². The molecule has 1 saturated carbocycles. The maximum Gasteiger partial charge on any atom is 0.0383 e. The number of hydrogen-bond acceptors (Lipinski definition) is 3. The van der Waals surface area contributed by atoms with Crippen LogP contribution < -0.4 is 5.11 Å². The first-order valence-corrected chi connectivity index (χ1v) is 7.98. The first-order valence-electron chi connectivity index (χ1n) is 7.98. The predicted molar refractivity (Wildman–Crippen MR) is 83.2 cm³/mol. The summed E-state index contributed by atoms with van der Waals surface area (Å²) in [6.45, 7) is 15.1. The Bertz CT molecular complexity index is 132. The minimum Gasteiger partial charge on any atom is -0.550 e. The van der Waals surface area contributed by atoms with E-state index in [0.717, 1.165) is 6.92 Å². The van der Waals surface area contributed by atoms with E-state index in [2.05, 4.69) is 25.7 Å². The van der Waals surface area contributed by atoms with Crippen molar-refractivity contribution in [2.24, 2.45) is 0 Å². The third kappa shape index (κ3) is 31.8. The molecule has 0 amide bonds. The van der Waals surface area contributed by atoms with E-state index in [4.69, 9.17) is 9.90 Å². The summed E-state index contributed by atoms with van der Waals surface area (Å²) in [7, 11) is 0. The average molecular weight is 274 g/mol. The lowest BCUT2D eigenvalue weighted by atomic mass is 10.0. The summed E-state index contributed by atoms with van der Waals surface area (Å²) >= 11 is 0. The van der Waals surface area contributed by atoms with Gasteiger partial charge in [-0.1, -0.05) is 73.1 Å². The van der Waals surface area contributed by atoms with Crippen LogP contribution in [0.4, 0.5) is 0 Å². The Morgan fingerprint density at radius 3 is 1.05 bits per heavy atom. The van der Waals surface area contributed by atoms with Gasteiger partial charge in [-0.25, -0.2) is 0 Å². The summed E-state index contributed by atoms with van der Waals surface area (Å²) in [6.07, 6.45) is 9.00. The molecule has 1 aliphatic carbocycles. The SMILES string of the molecule is C1CCCCC1.CC.CC(=O)[O-].CCN(CC)CC. The van der Waals surface area contributed by atoms with Crippen LogP contribution in [-0.2, 0) is 4.79 Å². The van der Waals surface area contributed by atoms with E-state index in [1.165, 1.54) is 58.2 Å². The standard InChI is InChI=1S/C6H15N.C6H12.C2H4O2.C2H6/c1-4-7(5-2)6-3;1-2-4-6-5-3-1;1-2(3)4;1-2/h4-6H2,1-3H3;1-6H2;1H3,(H,3,4);1-2H3/p-1. The van der Waals surface area contributed by atoms with Crippen molar-refractivity contribution in [3.8, 4) is 0 Å². The molecule has 0 aromatic heterocycles. The third-order valence-corrected chi connectivity index (χ3v) is 2.84. The Morgan fingerprint density at radius 2 is 1.00 bits per heavy atom. The van der Waals surface area contributed by atoms with Crippen LogP contribution in [-0.4, -0.2) is 30.5 Å². The second-order valence-electron chi connectivity index (χ2n) is 4.23. The largest absolute Gasteiger partial charge is 0.550 e. The summed E-state index contributed by atoms with van der Waals surface area (Å²) in [5.74, 6) is -1.08. The number of carbonyl (C=O) groups excluding carboxylic acids is 1. The van der Waals surface area contributed by atoms with E-state index in [9.17, 15) is 0 Å². The van der Waals surface area contributed by atoms with Crippen LogP contribution in [0.15, 0.2) is 0 Å². The van der Waals surface area contributed by atoms with Gasteiger partial charge in [0.15, 0.2) is 0 Å². The van der Waals surface area contributed by atoms with Crippen LogP contribution in [0, 0.1) is 0 Å². The quantitative estimate of drug-likeness (QED) is 0.791. The van der Waals surface area contributed by atoms with Gasteiger partial charge in [-0.05, 0) is 26.6 Å². The fourth-order valence-electron chi connectivity index (χ4n) is 1.73.